The van der Waals surface area contributed by atoms with Crippen molar-refractivity contribution in [3.05, 3.63) is 41.5 Å². The predicted molar refractivity (Wildman–Crippen MR) is 69.8 cm³/mol. The van der Waals surface area contributed by atoms with E-state index in [4.69, 9.17) is 4.52 Å². The van der Waals surface area contributed by atoms with Gasteiger partial charge in [0.25, 0.3) is 0 Å². The zero-order chi connectivity index (χ0) is 13.1. The Balaban J connectivity index is 1.68. The highest BCUT2D eigenvalue weighted by Crippen LogP contribution is 2.21. The van der Waals surface area contributed by atoms with Gasteiger partial charge in [0.2, 0.25) is 5.89 Å². The quantitative estimate of drug-likeness (QED) is 0.884. The number of aromatic nitrogens is 2. The lowest BCUT2D eigenvalue weighted by molar-refractivity contribution is 0.351. The fraction of sp³-hybridized carbons (Fsp3) is 0.429. The van der Waals surface area contributed by atoms with Gasteiger partial charge < -0.3 is 14.9 Å². The molecule has 3 rings (SSSR count). The maximum Gasteiger partial charge on any atom is 0.231 e. The van der Waals surface area contributed by atoms with Crippen molar-refractivity contribution in [1.82, 2.24) is 15.5 Å². The molecule has 1 aromatic carbocycles. The van der Waals surface area contributed by atoms with Gasteiger partial charge in [-0.15, -0.1) is 0 Å². The van der Waals surface area contributed by atoms with Crippen LogP contribution in [-0.4, -0.2) is 21.8 Å². The second-order valence-corrected chi connectivity index (χ2v) is 4.89. The number of benzene rings is 1. The molecule has 1 unspecified atom stereocenters. The van der Waals surface area contributed by atoms with E-state index in [9.17, 15) is 5.11 Å². The van der Waals surface area contributed by atoms with Crippen LogP contribution in [-0.2, 0) is 6.42 Å². The van der Waals surface area contributed by atoms with Crippen LogP contribution in [0.25, 0.3) is 0 Å². The second kappa shape index (κ2) is 5.40. The van der Waals surface area contributed by atoms with Crippen LogP contribution in [0.2, 0.25) is 0 Å². The van der Waals surface area contributed by atoms with Crippen LogP contribution < -0.4 is 5.32 Å². The molecule has 0 bridgehead atoms. The molecule has 5 nitrogen and oxygen atoms in total. The molecule has 1 fully saturated rings. The van der Waals surface area contributed by atoms with Crippen LogP contribution in [0.15, 0.2) is 28.8 Å². The van der Waals surface area contributed by atoms with E-state index < -0.39 is 0 Å². The highest BCUT2D eigenvalue weighted by molar-refractivity contribution is 5.27. The summed E-state index contributed by atoms with van der Waals surface area (Å²) >= 11 is 0. The van der Waals surface area contributed by atoms with E-state index in [1.165, 1.54) is 12.8 Å². The summed E-state index contributed by atoms with van der Waals surface area (Å²) in [6.45, 7) is 1.02. The Hall–Kier alpha value is -1.88. The summed E-state index contributed by atoms with van der Waals surface area (Å²) in [6.07, 6.45) is 4.09. The molecule has 2 N–H and O–H groups in total. The molecule has 1 atom stereocenters. The minimum atomic E-state index is 0.228. The van der Waals surface area contributed by atoms with Crippen molar-refractivity contribution in [1.29, 1.82) is 0 Å². The van der Waals surface area contributed by atoms with Crippen molar-refractivity contribution in [2.24, 2.45) is 0 Å². The normalized spacial score (nSPS) is 19.5. The Kier molecular flexibility index (Phi) is 3.46. The first-order valence-electron chi connectivity index (χ1n) is 6.65. The van der Waals surface area contributed by atoms with E-state index in [-0.39, 0.29) is 11.8 Å². The number of nitrogens with one attached hydrogen (secondary N) is 1. The van der Waals surface area contributed by atoms with E-state index in [1.54, 1.807) is 12.1 Å². The first-order valence-corrected chi connectivity index (χ1v) is 6.65. The van der Waals surface area contributed by atoms with Crippen molar-refractivity contribution >= 4 is 0 Å². The Labute approximate surface area is 111 Å². The lowest BCUT2D eigenvalue weighted by Crippen LogP contribution is -2.27. The summed E-state index contributed by atoms with van der Waals surface area (Å²) in [5.74, 6) is 1.64. The van der Waals surface area contributed by atoms with Crippen molar-refractivity contribution in [2.45, 2.75) is 31.7 Å². The van der Waals surface area contributed by atoms with Gasteiger partial charge in [-0.05, 0) is 37.1 Å². The molecular weight excluding hydrogens is 242 g/mol. The van der Waals surface area contributed by atoms with E-state index in [2.05, 4.69) is 15.5 Å². The van der Waals surface area contributed by atoms with Crippen LogP contribution in [0.3, 0.4) is 0 Å². The zero-order valence-corrected chi connectivity index (χ0v) is 10.7. The molecule has 1 aliphatic rings. The van der Waals surface area contributed by atoms with E-state index in [1.807, 2.05) is 12.1 Å². The molecule has 0 saturated carbocycles. The van der Waals surface area contributed by atoms with Crippen LogP contribution in [0.4, 0.5) is 0 Å². The molecule has 0 aliphatic carbocycles. The minimum absolute atomic E-state index is 0.228. The maximum absolute atomic E-state index is 9.24. The molecule has 5 heteroatoms. The summed E-state index contributed by atoms with van der Waals surface area (Å²) in [7, 11) is 0. The first kappa shape index (κ1) is 12.2. The molecule has 1 saturated heterocycles. The number of nitrogens with zero attached hydrogens (tertiary/aromatic N) is 2. The van der Waals surface area contributed by atoms with Crippen LogP contribution in [0.1, 0.15) is 42.6 Å². The third-order valence-electron chi connectivity index (χ3n) is 3.40. The fourth-order valence-corrected chi connectivity index (χ4v) is 2.34. The van der Waals surface area contributed by atoms with Crippen molar-refractivity contribution in [2.75, 3.05) is 6.54 Å². The average Bonchev–Trinajstić information content (AvgIpc) is 2.91. The number of phenolic OH excluding ortho intramolecular Hbond substituents is 1. The topological polar surface area (TPSA) is 71.2 Å². The highest BCUT2D eigenvalue weighted by atomic mass is 16.5. The number of piperidine rings is 1. The Morgan fingerprint density at radius 1 is 1.26 bits per heavy atom. The number of hydrogen-bond donors (Lipinski definition) is 2. The van der Waals surface area contributed by atoms with Crippen molar-refractivity contribution < 1.29 is 9.63 Å². The summed E-state index contributed by atoms with van der Waals surface area (Å²) < 4.78 is 5.29. The number of rotatable bonds is 3. The van der Waals surface area contributed by atoms with Crippen molar-refractivity contribution in [3.8, 4) is 5.75 Å². The largest absolute Gasteiger partial charge is 0.508 e. The molecule has 0 spiro atoms. The molecular formula is C14H17N3O2. The smallest absolute Gasteiger partial charge is 0.231 e. The van der Waals surface area contributed by atoms with Gasteiger partial charge in [0.05, 0.1) is 12.5 Å². The lowest BCUT2D eigenvalue weighted by atomic mass is 10.0. The SMILES string of the molecule is Oc1ccc(Cc2nc(C3CCCCN3)no2)cc1. The summed E-state index contributed by atoms with van der Waals surface area (Å²) in [5, 5.41) is 16.7. The predicted octanol–water partition coefficient (Wildman–Crippen LogP) is 2.18. The van der Waals surface area contributed by atoms with E-state index in [0.717, 1.165) is 24.4 Å². The zero-order valence-electron chi connectivity index (χ0n) is 10.7. The average molecular weight is 259 g/mol. The molecule has 1 aliphatic heterocycles. The van der Waals surface area contributed by atoms with Gasteiger partial charge in [0, 0.05) is 0 Å². The van der Waals surface area contributed by atoms with Gasteiger partial charge in [-0.2, -0.15) is 4.98 Å². The van der Waals surface area contributed by atoms with Gasteiger partial charge in [-0.1, -0.05) is 23.7 Å². The summed E-state index contributed by atoms with van der Waals surface area (Å²) in [5.41, 5.74) is 1.05. The molecule has 0 radical (unpaired) electrons. The van der Waals surface area contributed by atoms with Gasteiger partial charge in [-0.25, -0.2) is 0 Å². The van der Waals surface area contributed by atoms with Gasteiger partial charge in [0.1, 0.15) is 5.75 Å². The second-order valence-electron chi connectivity index (χ2n) is 4.89. The summed E-state index contributed by atoms with van der Waals surface area (Å²) in [4.78, 5) is 4.45. The fourth-order valence-electron chi connectivity index (χ4n) is 2.34. The number of phenols is 1. The molecule has 100 valence electrons. The van der Waals surface area contributed by atoms with Gasteiger partial charge in [0.15, 0.2) is 5.82 Å². The van der Waals surface area contributed by atoms with Gasteiger partial charge in [-0.3, -0.25) is 0 Å². The third kappa shape index (κ3) is 2.93. The Morgan fingerprint density at radius 2 is 2.11 bits per heavy atom. The molecule has 2 aromatic rings. The number of aromatic hydroxyl groups is 1. The maximum atomic E-state index is 9.24. The molecule has 19 heavy (non-hydrogen) atoms. The molecule has 0 amide bonds. The third-order valence-corrected chi connectivity index (χ3v) is 3.40. The molecule has 1 aromatic heterocycles. The monoisotopic (exact) mass is 259 g/mol. The van der Waals surface area contributed by atoms with Crippen LogP contribution >= 0.6 is 0 Å². The van der Waals surface area contributed by atoms with Crippen molar-refractivity contribution in [3.63, 3.8) is 0 Å². The number of hydrogen-bond acceptors (Lipinski definition) is 5. The van der Waals surface area contributed by atoms with Gasteiger partial charge >= 0.3 is 0 Å². The van der Waals surface area contributed by atoms with Crippen LogP contribution in [0, 0.1) is 0 Å². The Bertz CT molecular complexity index is 530. The van der Waals surface area contributed by atoms with E-state index in [0.29, 0.717) is 12.3 Å². The molecule has 2 heterocycles. The highest BCUT2D eigenvalue weighted by Gasteiger charge is 2.20. The first-order chi connectivity index (χ1) is 9.31. The summed E-state index contributed by atoms with van der Waals surface area (Å²) in [6, 6.07) is 7.27. The standard InChI is InChI=1S/C14H17N3O2/c18-11-6-4-10(5-7-11)9-13-16-14(17-19-13)12-3-1-2-8-15-12/h4-7,12,15,18H,1-3,8-9H2. The van der Waals surface area contributed by atoms with Crippen LogP contribution in [0.5, 0.6) is 5.75 Å². The van der Waals surface area contributed by atoms with E-state index >= 15 is 0 Å². The lowest BCUT2D eigenvalue weighted by Gasteiger charge is -2.19. The Morgan fingerprint density at radius 3 is 2.84 bits per heavy atom. The minimum Gasteiger partial charge on any atom is -0.508 e.